The average Bonchev–Trinajstić information content (AvgIpc) is 2.33. The minimum atomic E-state index is -4.42. The molecule has 3 aliphatic rings. The van der Waals surface area contributed by atoms with Crippen molar-refractivity contribution < 1.29 is 25.3 Å². The van der Waals surface area contributed by atoms with Crippen LogP contribution in [0.25, 0.3) is 0 Å². The van der Waals surface area contributed by atoms with Gasteiger partial charge in [0.05, 0.1) is 17.3 Å². The normalized spacial score (nSPS) is 36.1. The van der Waals surface area contributed by atoms with Crippen LogP contribution in [0, 0.1) is 17.3 Å². The van der Waals surface area contributed by atoms with Gasteiger partial charge in [0.2, 0.25) is 0 Å². The lowest BCUT2D eigenvalue weighted by atomic mass is 9.90. The molecule has 0 aromatic rings. The highest BCUT2D eigenvalue weighted by Gasteiger charge is 2.75. The number of rotatable bonds is 4. The van der Waals surface area contributed by atoms with Crippen molar-refractivity contribution in [2.45, 2.75) is 49.4 Å². The number of hydrogen-bond donors (Lipinski definition) is 0. The average molecular weight is 383 g/mol. The molecular formula is C14H22O6S3. The topological polar surface area (TPSA) is 102 Å². The summed E-state index contributed by atoms with van der Waals surface area (Å²) in [5.74, 6) is 3.40. The van der Waals surface area contributed by atoms with E-state index in [2.05, 4.69) is 11.8 Å². The van der Waals surface area contributed by atoms with Gasteiger partial charge in [0.25, 0.3) is 0 Å². The second-order valence-electron chi connectivity index (χ2n) is 6.49. The van der Waals surface area contributed by atoms with Crippen LogP contribution in [0.5, 0.6) is 0 Å². The van der Waals surface area contributed by atoms with Crippen LogP contribution < -0.4 is 0 Å². The van der Waals surface area contributed by atoms with Gasteiger partial charge in [0.1, 0.15) is 0 Å². The molecule has 0 aliphatic carbocycles. The minimum absolute atomic E-state index is 0.254. The lowest BCUT2D eigenvalue weighted by Gasteiger charge is -2.48. The van der Waals surface area contributed by atoms with Crippen molar-refractivity contribution in [2.75, 3.05) is 17.3 Å². The van der Waals surface area contributed by atoms with Crippen LogP contribution in [0.2, 0.25) is 0 Å². The molecule has 3 saturated heterocycles. The van der Waals surface area contributed by atoms with Crippen molar-refractivity contribution in [1.82, 2.24) is 0 Å². The highest BCUT2D eigenvalue weighted by molar-refractivity contribution is 8.27. The van der Waals surface area contributed by atoms with Crippen LogP contribution >= 0.6 is 0 Å². The first-order valence-corrected chi connectivity index (χ1v) is 12.6. The summed E-state index contributed by atoms with van der Waals surface area (Å²) in [6, 6.07) is 0. The van der Waals surface area contributed by atoms with E-state index in [1.54, 1.807) is 6.92 Å². The third kappa shape index (κ3) is 2.63. The van der Waals surface area contributed by atoms with Crippen LogP contribution in [0.1, 0.15) is 46.0 Å². The standard InChI is InChI=1S/C14H22O6S3/c1-3-5-6-7-9-14-21(15,16)10-13(8-4-2,11-22(14,17)18)12-23(14,19)20/h3-6,8,10-12H2,1-2H3. The maximum absolute atomic E-state index is 12.7. The second kappa shape index (κ2) is 5.74. The van der Waals surface area contributed by atoms with Gasteiger partial charge < -0.3 is 0 Å². The third-order valence-electron chi connectivity index (χ3n) is 4.39. The Morgan fingerprint density at radius 2 is 1.30 bits per heavy atom. The Morgan fingerprint density at radius 3 is 1.70 bits per heavy atom. The summed E-state index contributed by atoms with van der Waals surface area (Å²) in [7, 11) is -13.3. The van der Waals surface area contributed by atoms with E-state index in [0.717, 1.165) is 6.42 Å². The number of hydrogen-bond acceptors (Lipinski definition) is 6. The summed E-state index contributed by atoms with van der Waals surface area (Å²) in [6.07, 6.45) is 2.51. The molecule has 6 nitrogen and oxygen atoms in total. The van der Waals surface area contributed by atoms with Crippen LogP contribution in [0.3, 0.4) is 0 Å². The Balaban J connectivity index is 2.71. The fourth-order valence-corrected chi connectivity index (χ4v) is 14.4. The van der Waals surface area contributed by atoms with Gasteiger partial charge in [-0.15, -0.1) is 0 Å². The van der Waals surface area contributed by atoms with Gasteiger partial charge in [-0.05, 0) is 18.8 Å². The summed E-state index contributed by atoms with van der Waals surface area (Å²) in [6.45, 7) is 3.69. The molecule has 0 aromatic heterocycles. The Labute approximate surface area is 138 Å². The molecular weight excluding hydrogens is 360 g/mol. The van der Waals surface area contributed by atoms with E-state index in [9.17, 15) is 25.3 Å². The largest absolute Gasteiger partial charge is 0.331 e. The Morgan fingerprint density at radius 1 is 0.826 bits per heavy atom. The van der Waals surface area contributed by atoms with E-state index in [1.165, 1.54) is 0 Å². The van der Waals surface area contributed by atoms with Crippen molar-refractivity contribution in [1.29, 1.82) is 0 Å². The van der Waals surface area contributed by atoms with E-state index in [0.29, 0.717) is 12.8 Å². The van der Waals surface area contributed by atoms with Crippen LogP contribution in [-0.2, 0) is 29.5 Å². The predicted octanol–water partition coefficient (Wildman–Crippen LogP) is 0.892. The van der Waals surface area contributed by atoms with E-state index >= 15 is 0 Å². The Bertz CT molecular complexity index is 762. The molecule has 0 saturated carbocycles. The lowest BCUT2D eigenvalue weighted by molar-refractivity contribution is 0.356. The first-order valence-electron chi connectivity index (χ1n) is 7.66. The number of fused-ring (bicyclic) bond motifs is 3. The van der Waals surface area contributed by atoms with Gasteiger partial charge in [0.15, 0.2) is 29.5 Å². The molecule has 23 heavy (non-hydrogen) atoms. The maximum Gasteiger partial charge on any atom is 0.331 e. The molecule has 0 aromatic carbocycles. The van der Waals surface area contributed by atoms with Crippen LogP contribution in [0.4, 0.5) is 0 Å². The van der Waals surface area contributed by atoms with Crippen molar-refractivity contribution in [3.63, 3.8) is 0 Å². The summed E-state index contributed by atoms with van der Waals surface area (Å²) in [5.41, 5.74) is -1.22. The number of sulfone groups is 3. The quantitative estimate of drug-likeness (QED) is 0.528. The molecule has 0 unspecified atom stereocenters. The van der Waals surface area contributed by atoms with Gasteiger partial charge in [-0.25, -0.2) is 25.3 Å². The van der Waals surface area contributed by atoms with E-state index in [-0.39, 0.29) is 12.8 Å². The molecule has 9 heteroatoms. The highest BCUT2D eigenvalue weighted by Crippen LogP contribution is 2.52. The Hall–Kier alpha value is -0.590. The van der Waals surface area contributed by atoms with Gasteiger partial charge >= 0.3 is 3.41 Å². The third-order valence-corrected chi connectivity index (χ3v) is 14.7. The van der Waals surface area contributed by atoms with Gasteiger partial charge in [-0.1, -0.05) is 32.6 Å². The molecule has 0 atom stereocenters. The highest BCUT2D eigenvalue weighted by atomic mass is 32.3. The molecule has 3 heterocycles. The van der Waals surface area contributed by atoms with Crippen LogP contribution in [0.15, 0.2) is 0 Å². The van der Waals surface area contributed by atoms with E-state index in [1.807, 2.05) is 6.92 Å². The summed E-state index contributed by atoms with van der Waals surface area (Å²) < 4.78 is 73.1. The van der Waals surface area contributed by atoms with E-state index < -0.39 is 55.6 Å². The van der Waals surface area contributed by atoms with Gasteiger partial charge in [-0.2, -0.15) is 0 Å². The summed E-state index contributed by atoms with van der Waals surface area (Å²) >= 11 is 0. The zero-order valence-electron chi connectivity index (χ0n) is 13.3. The summed E-state index contributed by atoms with van der Waals surface area (Å²) in [4.78, 5) is 0. The number of unbranched alkanes of at least 4 members (excludes halogenated alkanes) is 2. The molecule has 0 radical (unpaired) electrons. The molecule has 132 valence electrons. The molecule has 0 N–H and O–H groups in total. The first-order chi connectivity index (χ1) is 10.5. The Kier molecular flexibility index (Phi) is 4.68. The predicted molar refractivity (Wildman–Crippen MR) is 88.7 cm³/mol. The molecule has 0 amide bonds. The lowest BCUT2D eigenvalue weighted by Crippen LogP contribution is -2.70. The molecule has 3 aliphatic heterocycles. The monoisotopic (exact) mass is 382 g/mol. The van der Waals surface area contributed by atoms with Crippen molar-refractivity contribution in [3.8, 4) is 11.8 Å². The van der Waals surface area contributed by atoms with E-state index in [4.69, 9.17) is 0 Å². The summed E-state index contributed by atoms with van der Waals surface area (Å²) in [5, 5.41) is 0. The molecule has 0 spiro atoms. The van der Waals surface area contributed by atoms with Crippen LogP contribution in [-0.4, -0.2) is 45.9 Å². The van der Waals surface area contributed by atoms with Crippen molar-refractivity contribution in [3.05, 3.63) is 0 Å². The fourth-order valence-electron chi connectivity index (χ4n) is 3.62. The zero-order chi connectivity index (χ0) is 17.6. The van der Waals surface area contributed by atoms with Crippen molar-refractivity contribution in [2.24, 2.45) is 5.41 Å². The minimum Gasteiger partial charge on any atom is -0.225 e. The second-order valence-corrected chi connectivity index (χ2v) is 13.7. The molecule has 2 bridgehead atoms. The fraction of sp³-hybridized carbons (Fsp3) is 0.857. The van der Waals surface area contributed by atoms with Gasteiger partial charge in [-0.3, -0.25) is 0 Å². The SMILES string of the molecule is CCCCC#CC12S(=O)(=O)CC(CCC)(CS1(=O)=O)CS2(=O)=O. The first kappa shape index (κ1) is 18.7. The molecule has 3 fully saturated rings. The van der Waals surface area contributed by atoms with Crippen molar-refractivity contribution >= 4 is 29.5 Å². The molecule has 3 rings (SSSR count). The zero-order valence-corrected chi connectivity index (χ0v) is 15.8. The smallest absolute Gasteiger partial charge is 0.225 e. The van der Waals surface area contributed by atoms with Gasteiger partial charge in [0, 0.05) is 11.8 Å². The maximum atomic E-state index is 12.7.